The number of benzene rings is 1. The Kier molecular flexibility index (Phi) is 2.77. The molecular weight excluding hydrogens is 192 g/mol. The standard InChI is InChI=1S/C11H14N2S/c1-3-8(2)14-11-12-9-6-4-5-7-10(9)13-11/h4-8H,3H2,1-2H3,(H,12,13). The van der Waals surface area contributed by atoms with Gasteiger partial charge in [0.05, 0.1) is 11.0 Å². The number of nitrogens with one attached hydrogen (secondary N) is 1. The number of nitrogens with zero attached hydrogens (tertiary/aromatic N) is 1. The van der Waals surface area contributed by atoms with Gasteiger partial charge in [-0.05, 0) is 18.6 Å². The third-order valence-electron chi connectivity index (χ3n) is 2.26. The van der Waals surface area contributed by atoms with Crippen molar-refractivity contribution in [2.45, 2.75) is 30.7 Å². The van der Waals surface area contributed by atoms with Gasteiger partial charge in [0.1, 0.15) is 0 Å². The molecule has 0 saturated heterocycles. The summed E-state index contributed by atoms with van der Waals surface area (Å²) in [6.07, 6.45) is 1.17. The van der Waals surface area contributed by atoms with Crippen LogP contribution in [0.4, 0.5) is 0 Å². The maximum absolute atomic E-state index is 4.51. The van der Waals surface area contributed by atoms with Crippen LogP contribution in [-0.2, 0) is 0 Å². The van der Waals surface area contributed by atoms with Gasteiger partial charge in [0.25, 0.3) is 0 Å². The van der Waals surface area contributed by atoms with Gasteiger partial charge in [-0.1, -0.05) is 37.7 Å². The molecule has 0 aliphatic carbocycles. The molecule has 0 spiro atoms. The van der Waals surface area contributed by atoms with Crippen molar-refractivity contribution in [2.24, 2.45) is 0 Å². The van der Waals surface area contributed by atoms with Crippen LogP contribution in [0.25, 0.3) is 11.0 Å². The Labute approximate surface area is 88.1 Å². The van der Waals surface area contributed by atoms with E-state index >= 15 is 0 Å². The summed E-state index contributed by atoms with van der Waals surface area (Å²) in [4.78, 5) is 7.82. The fourth-order valence-corrected chi connectivity index (χ4v) is 2.13. The van der Waals surface area contributed by atoms with Crippen LogP contribution >= 0.6 is 11.8 Å². The van der Waals surface area contributed by atoms with Gasteiger partial charge >= 0.3 is 0 Å². The predicted molar refractivity (Wildman–Crippen MR) is 61.7 cm³/mol. The van der Waals surface area contributed by atoms with Crippen molar-refractivity contribution in [3.8, 4) is 0 Å². The molecule has 2 nitrogen and oxygen atoms in total. The van der Waals surface area contributed by atoms with Crippen molar-refractivity contribution >= 4 is 22.8 Å². The Morgan fingerprint density at radius 1 is 1.43 bits per heavy atom. The van der Waals surface area contributed by atoms with Crippen LogP contribution < -0.4 is 0 Å². The molecule has 0 amide bonds. The number of hydrogen-bond acceptors (Lipinski definition) is 2. The molecule has 0 bridgehead atoms. The van der Waals surface area contributed by atoms with Gasteiger partial charge in [-0.3, -0.25) is 0 Å². The first-order chi connectivity index (χ1) is 6.79. The fourth-order valence-electron chi connectivity index (χ4n) is 1.26. The van der Waals surface area contributed by atoms with Crippen LogP contribution in [-0.4, -0.2) is 15.2 Å². The number of H-pyrrole nitrogens is 1. The highest BCUT2D eigenvalue weighted by Gasteiger charge is 2.06. The van der Waals surface area contributed by atoms with E-state index in [2.05, 4.69) is 29.9 Å². The molecule has 1 N–H and O–H groups in total. The summed E-state index contributed by atoms with van der Waals surface area (Å²) >= 11 is 1.80. The SMILES string of the molecule is CCC(C)Sc1nc2ccccc2[nH]1. The number of aromatic amines is 1. The van der Waals surface area contributed by atoms with Crippen LogP contribution in [0.2, 0.25) is 0 Å². The predicted octanol–water partition coefficient (Wildman–Crippen LogP) is 3.45. The second-order valence-electron chi connectivity index (χ2n) is 3.40. The third-order valence-corrected chi connectivity index (χ3v) is 3.41. The third kappa shape index (κ3) is 1.93. The van der Waals surface area contributed by atoms with Crippen LogP contribution in [0, 0.1) is 0 Å². The van der Waals surface area contributed by atoms with Gasteiger partial charge < -0.3 is 4.98 Å². The van der Waals surface area contributed by atoms with Gasteiger partial charge in [-0.2, -0.15) is 0 Å². The van der Waals surface area contributed by atoms with Crippen molar-refractivity contribution in [3.63, 3.8) is 0 Å². The van der Waals surface area contributed by atoms with Crippen LogP contribution in [0.5, 0.6) is 0 Å². The van der Waals surface area contributed by atoms with E-state index in [0.29, 0.717) is 5.25 Å². The van der Waals surface area contributed by atoms with Crippen molar-refractivity contribution in [1.82, 2.24) is 9.97 Å². The molecule has 74 valence electrons. The molecule has 2 rings (SSSR count). The first-order valence-corrected chi connectivity index (χ1v) is 5.79. The summed E-state index contributed by atoms with van der Waals surface area (Å²) < 4.78 is 0. The minimum Gasteiger partial charge on any atom is -0.333 e. The van der Waals surface area contributed by atoms with Gasteiger partial charge in [0, 0.05) is 5.25 Å². The van der Waals surface area contributed by atoms with E-state index in [4.69, 9.17) is 0 Å². The number of hydrogen-bond donors (Lipinski definition) is 1. The second-order valence-corrected chi connectivity index (χ2v) is 4.82. The summed E-state index contributed by atoms with van der Waals surface area (Å²) in [6.45, 7) is 4.41. The Bertz CT molecular complexity index is 389. The highest BCUT2D eigenvalue weighted by atomic mass is 32.2. The zero-order valence-electron chi connectivity index (χ0n) is 8.45. The molecule has 14 heavy (non-hydrogen) atoms. The normalized spacial score (nSPS) is 13.3. The van der Waals surface area contributed by atoms with E-state index in [-0.39, 0.29) is 0 Å². The van der Waals surface area contributed by atoms with E-state index < -0.39 is 0 Å². The molecule has 1 unspecified atom stereocenters. The molecule has 0 saturated carbocycles. The molecule has 1 atom stereocenters. The summed E-state index contributed by atoms with van der Waals surface area (Å²) in [7, 11) is 0. The molecule has 1 aromatic carbocycles. The van der Waals surface area contributed by atoms with Gasteiger partial charge in [-0.25, -0.2) is 4.98 Å². The number of thioether (sulfide) groups is 1. The zero-order valence-corrected chi connectivity index (χ0v) is 9.27. The Morgan fingerprint density at radius 3 is 2.93 bits per heavy atom. The van der Waals surface area contributed by atoms with Crippen LogP contribution in [0.15, 0.2) is 29.4 Å². The zero-order chi connectivity index (χ0) is 9.97. The lowest BCUT2D eigenvalue weighted by Crippen LogP contribution is -1.92. The lowest BCUT2D eigenvalue weighted by Gasteiger charge is -2.03. The summed E-state index contributed by atoms with van der Waals surface area (Å²) in [5.41, 5.74) is 2.18. The summed E-state index contributed by atoms with van der Waals surface area (Å²) in [5.74, 6) is 0. The molecule has 1 heterocycles. The quantitative estimate of drug-likeness (QED) is 0.779. The van der Waals surface area contributed by atoms with Gasteiger partial charge in [0.15, 0.2) is 5.16 Å². The van der Waals surface area contributed by atoms with E-state index in [1.807, 2.05) is 18.2 Å². The van der Waals surface area contributed by atoms with E-state index in [1.54, 1.807) is 11.8 Å². The fraction of sp³-hybridized carbons (Fsp3) is 0.364. The maximum Gasteiger partial charge on any atom is 0.166 e. The first kappa shape index (κ1) is 9.59. The van der Waals surface area contributed by atoms with Crippen LogP contribution in [0.1, 0.15) is 20.3 Å². The molecular formula is C11H14N2S. The van der Waals surface area contributed by atoms with E-state index in [1.165, 1.54) is 6.42 Å². The molecule has 0 aliphatic heterocycles. The first-order valence-electron chi connectivity index (χ1n) is 4.91. The molecule has 0 radical (unpaired) electrons. The Balaban J connectivity index is 2.27. The van der Waals surface area contributed by atoms with Crippen molar-refractivity contribution in [3.05, 3.63) is 24.3 Å². The van der Waals surface area contributed by atoms with Gasteiger partial charge in [0.2, 0.25) is 0 Å². The lowest BCUT2D eigenvalue weighted by molar-refractivity contribution is 0.896. The van der Waals surface area contributed by atoms with E-state index in [9.17, 15) is 0 Å². The topological polar surface area (TPSA) is 28.7 Å². The number of aromatic nitrogens is 2. The molecule has 1 aromatic heterocycles. The van der Waals surface area contributed by atoms with Gasteiger partial charge in [-0.15, -0.1) is 0 Å². The van der Waals surface area contributed by atoms with E-state index in [0.717, 1.165) is 16.2 Å². The Hall–Kier alpha value is -0.960. The minimum atomic E-state index is 0.621. The number of para-hydroxylation sites is 2. The summed E-state index contributed by atoms with van der Waals surface area (Å²) in [6, 6.07) is 8.13. The molecule has 0 fully saturated rings. The Morgan fingerprint density at radius 2 is 2.21 bits per heavy atom. The van der Waals surface area contributed by atoms with Crippen LogP contribution in [0.3, 0.4) is 0 Å². The van der Waals surface area contributed by atoms with Crippen molar-refractivity contribution in [2.75, 3.05) is 0 Å². The number of imidazole rings is 1. The van der Waals surface area contributed by atoms with Crippen molar-refractivity contribution < 1.29 is 0 Å². The maximum atomic E-state index is 4.51. The lowest BCUT2D eigenvalue weighted by atomic mass is 10.3. The summed E-state index contributed by atoms with van der Waals surface area (Å²) in [5, 5.41) is 1.65. The highest BCUT2D eigenvalue weighted by Crippen LogP contribution is 2.24. The molecule has 0 aliphatic rings. The average Bonchev–Trinajstić information content (AvgIpc) is 2.59. The van der Waals surface area contributed by atoms with Crippen molar-refractivity contribution in [1.29, 1.82) is 0 Å². The minimum absolute atomic E-state index is 0.621. The monoisotopic (exact) mass is 206 g/mol. The number of rotatable bonds is 3. The molecule has 2 aromatic rings. The average molecular weight is 206 g/mol. The largest absolute Gasteiger partial charge is 0.333 e. The highest BCUT2D eigenvalue weighted by molar-refractivity contribution is 7.99. The molecule has 3 heteroatoms. The number of fused-ring (bicyclic) bond motifs is 1. The second kappa shape index (κ2) is 4.05. The smallest absolute Gasteiger partial charge is 0.166 e.